The van der Waals surface area contributed by atoms with Crippen LogP contribution in [-0.4, -0.2) is 39.8 Å². The van der Waals surface area contributed by atoms with Gasteiger partial charge in [0.05, 0.1) is 13.2 Å². The van der Waals surface area contributed by atoms with Gasteiger partial charge in [-0.3, -0.25) is 4.90 Å². The summed E-state index contributed by atoms with van der Waals surface area (Å²) in [6.07, 6.45) is 0.673. The van der Waals surface area contributed by atoms with Crippen molar-refractivity contribution in [3.63, 3.8) is 0 Å². The Balaban J connectivity index is 1.98. The first kappa shape index (κ1) is 23.8. The lowest BCUT2D eigenvalue weighted by Gasteiger charge is -2.36. The van der Waals surface area contributed by atoms with Crippen molar-refractivity contribution in [1.82, 2.24) is 9.88 Å². The summed E-state index contributed by atoms with van der Waals surface area (Å²) in [5, 5.41) is 13.7. The van der Waals surface area contributed by atoms with Crippen molar-refractivity contribution >= 4 is 17.4 Å². The lowest BCUT2D eigenvalue weighted by molar-refractivity contribution is -0.00933. The van der Waals surface area contributed by atoms with Crippen molar-refractivity contribution < 1.29 is 19.4 Å². The molecule has 0 saturated heterocycles. The van der Waals surface area contributed by atoms with Crippen LogP contribution in [0.25, 0.3) is 0 Å². The third kappa shape index (κ3) is 6.55. The fraction of sp³-hybridized carbons (Fsp3) is 0.360. The van der Waals surface area contributed by atoms with Crippen LogP contribution in [0.3, 0.4) is 0 Å². The average Bonchev–Trinajstić information content (AvgIpc) is 3.30. The largest absolute Gasteiger partial charge is 0.497 e. The Hall–Kier alpha value is -2.90. The quantitative estimate of drug-likeness (QED) is 0.504. The van der Waals surface area contributed by atoms with E-state index in [9.17, 15) is 9.90 Å². The Bertz CT molecular complexity index is 969. The molecule has 0 spiro atoms. The van der Waals surface area contributed by atoms with Crippen LogP contribution in [0.4, 0.5) is 4.79 Å². The van der Waals surface area contributed by atoms with Crippen LogP contribution >= 0.6 is 11.3 Å². The van der Waals surface area contributed by atoms with E-state index in [1.807, 2.05) is 80.7 Å². The molecule has 2 atom stereocenters. The predicted octanol–water partition coefficient (Wildman–Crippen LogP) is 5.23. The number of aliphatic hydroxyl groups excluding tert-OH is 1. The Morgan fingerprint density at radius 2 is 1.78 bits per heavy atom. The number of hydrogen-bond donors (Lipinski definition) is 1. The number of ether oxygens (including phenoxy) is 2. The molecule has 7 heteroatoms. The Labute approximate surface area is 193 Å². The van der Waals surface area contributed by atoms with E-state index in [-0.39, 0.29) is 6.54 Å². The summed E-state index contributed by atoms with van der Waals surface area (Å²) in [7, 11) is 1.61. The van der Waals surface area contributed by atoms with Crippen LogP contribution in [0.2, 0.25) is 0 Å². The molecule has 2 aromatic carbocycles. The number of thiazole rings is 1. The highest BCUT2D eigenvalue weighted by Crippen LogP contribution is 2.29. The molecule has 32 heavy (non-hydrogen) atoms. The van der Waals surface area contributed by atoms with Gasteiger partial charge in [0.25, 0.3) is 0 Å². The first-order chi connectivity index (χ1) is 15.3. The maximum atomic E-state index is 13.3. The Kier molecular flexibility index (Phi) is 7.88. The van der Waals surface area contributed by atoms with E-state index in [0.29, 0.717) is 11.4 Å². The molecule has 0 aliphatic heterocycles. The van der Waals surface area contributed by atoms with Crippen LogP contribution < -0.4 is 4.74 Å². The topological polar surface area (TPSA) is 71.9 Å². The number of aliphatic hydroxyl groups is 1. The molecule has 0 unspecified atom stereocenters. The summed E-state index contributed by atoms with van der Waals surface area (Å²) in [6.45, 7) is 5.78. The Morgan fingerprint density at radius 3 is 2.34 bits per heavy atom. The molecule has 6 nitrogen and oxygen atoms in total. The summed E-state index contributed by atoms with van der Waals surface area (Å²) < 4.78 is 11.0. The molecule has 0 radical (unpaired) electrons. The van der Waals surface area contributed by atoms with Gasteiger partial charge in [-0.2, -0.15) is 0 Å². The van der Waals surface area contributed by atoms with Gasteiger partial charge in [-0.15, -0.1) is 11.3 Å². The van der Waals surface area contributed by atoms with Crippen LogP contribution in [-0.2, 0) is 17.7 Å². The van der Waals surface area contributed by atoms with Gasteiger partial charge < -0.3 is 14.6 Å². The second kappa shape index (κ2) is 10.6. The molecule has 0 bridgehead atoms. The zero-order valence-corrected chi connectivity index (χ0v) is 19.7. The molecule has 1 N–H and O–H groups in total. The molecule has 1 amide bonds. The SMILES string of the molecule is COc1ccc(CN(C(=O)OC(C)(C)C)[C@@H](Cc2ccccc2)[C@H](O)c2nccs2)cc1. The van der Waals surface area contributed by atoms with E-state index < -0.39 is 23.8 Å². The first-order valence-corrected chi connectivity index (χ1v) is 11.4. The van der Waals surface area contributed by atoms with E-state index in [2.05, 4.69) is 4.98 Å². The number of benzene rings is 2. The lowest BCUT2D eigenvalue weighted by atomic mass is 9.99. The number of methoxy groups -OCH3 is 1. The van der Waals surface area contributed by atoms with Crippen LogP contribution in [0.5, 0.6) is 5.75 Å². The van der Waals surface area contributed by atoms with Crippen molar-refractivity contribution in [2.45, 2.75) is 51.5 Å². The third-order valence-corrected chi connectivity index (χ3v) is 5.74. The van der Waals surface area contributed by atoms with Gasteiger partial charge in [-0.25, -0.2) is 9.78 Å². The number of rotatable bonds is 8. The highest BCUT2D eigenvalue weighted by atomic mass is 32.1. The summed E-state index contributed by atoms with van der Waals surface area (Å²) in [4.78, 5) is 19.2. The molecule has 1 aromatic heterocycles. The minimum absolute atomic E-state index is 0.277. The smallest absolute Gasteiger partial charge is 0.410 e. The second-order valence-electron chi connectivity index (χ2n) is 8.53. The van der Waals surface area contributed by atoms with Crippen LogP contribution in [0.15, 0.2) is 66.2 Å². The molecular weight excluding hydrogens is 424 g/mol. The Morgan fingerprint density at radius 1 is 1.09 bits per heavy atom. The molecule has 3 aromatic rings. The fourth-order valence-corrected chi connectivity index (χ4v) is 4.04. The molecule has 0 aliphatic carbocycles. The van der Waals surface area contributed by atoms with Gasteiger partial charge in [0.15, 0.2) is 0 Å². The van der Waals surface area contributed by atoms with Crippen molar-refractivity contribution in [3.05, 3.63) is 82.3 Å². The minimum Gasteiger partial charge on any atom is -0.497 e. The van der Waals surface area contributed by atoms with Gasteiger partial charge in [-0.1, -0.05) is 42.5 Å². The molecule has 3 rings (SSSR count). The molecule has 170 valence electrons. The number of carbonyl (C=O) groups excluding carboxylic acids is 1. The number of carbonyl (C=O) groups is 1. The van der Waals surface area contributed by atoms with Gasteiger partial charge in [-0.05, 0) is 50.5 Å². The standard InChI is InChI=1S/C25H30N2O4S/c1-25(2,3)31-24(29)27(17-19-10-12-20(30-4)13-11-19)21(16-18-8-6-5-7-9-18)22(28)23-26-14-15-32-23/h5-15,21-22,28H,16-17H2,1-4H3/t21-,22-/m0/s1. The summed E-state index contributed by atoms with van der Waals surface area (Å²) in [5.74, 6) is 0.737. The predicted molar refractivity (Wildman–Crippen MR) is 126 cm³/mol. The number of aromatic nitrogens is 1. The molecule has 0 fully saturated rings. The molecule has 0 aliphatic rings. The highest BCUT2D eigenvalue weighted by molar-refractivity contribution is 7.09. The van der Waals surface area contributed by atoms with Gasteiger partial charge in [0, 0.05) is 18.1 Å². The molecule has 1 heterocycles. The fourth-order valence-electron chi connectivity index (χ4n) is 3.36. The average molecular weight is 455 g/mol. The van der Waals surface area contributed by atoms with Gasteiger partial charge in [0.2, 0.25) is 0 Å². The van der Waals surface area contributed by atoms with Crippen molar-refractivity contribution in [1.29, 1.82) is 0 Å². The highest BCUT2D eigenvalue weighted by Gasteiger charge is 2.35. The van der Waals surface area contributed by atoms with Crippen LogP contribution in [0.1, 0.15) is 43.0 Å². The summed E-state index contributed by atoms with van der Waals surface area (Å²) >= 11 is 1.37. The second-order valence-corrected chi connectivity index (χ2v) is 9.45. The molecule has 0 saturated carbocycles. The van der Waals surface area contributed by atoms with E-state index in [4.69, 9.17) is 9.47 Å². The molecular formula is C25H30N2O4S. The van der Waals surface area contributed by atoms with Gasteiger partial charge in [0.1, 0.15) is 22.5 Å². The summed E-state index contributed by atoms with van der Waals surface area (Å²) in [5.41, 5.74) is 1.25. The maximum Gasteiger partial charge on any atom is 0.410 e. The monoisotopic (exact) mass is 454 g/mol. The normalized spacial score (nSPS) is 13.3. The minimum atomic E-state index is -0.957. The van der Waals surface area contributed by atoms with Crippen molar-refractivity contribution in [3.8, 4) is 5.75 Å². The van der Waals surface area contributed by atoms with E-state index >= 15 is 0 Å². The van der Waals surface area contributed by atoms with Crippen LogP contribution in [0, 0.1) is 0 Å². The lowest BCUT2D eigenvalue weighted by Crippen LogP contribution is -2.46. The number of hydrogen-bond acceptors (Lipinski definition) is 6. The first-order valence-electron chi connectivity index (χ1n) is 10.5. The third-order valence-electron chi connectivity index (χ3n) is 4.90. The van der Waals surface area contributed by atoms with E-state index in [0.717, 1.165) is 16.9 Å². The number of nitrogens with zero attached hydrogens (tertiary/aromatic N) is 2. The zero-order chi connectivity index (χ0) is 23.1. The van der Waals surface area contributed by atoms with Crippen molar-refractivity contribution in [2.24, 2.45) is 0 Å². The number of amides is 1. The van der Waals surface area contributed by atoms with E-state index in [1.165, 1.54) is 11.3 Å². The summed E-state index contributed by atoms with van der Waals surface area (Å²) in [6, 6.07) is 16.8. The zero-order valence-electron chi connectivity index (χ0n) is 18.9. The van der Waals surface area contributed by atoms with E-state index in [1.54, 1.807) is 18.2 Å². The maximum absolute atomic E-state index is 13.3. The van der Waals surface area contributed by atoms with Gasteiger partial charge >= 0.3 is 6.09 Å². The van der Waals surface area contributed by atoms with Crippen molar-refractivity contribution in [2.75, 3.05) is 7.11 Å².